The summed E-state index contributed by atoms with van der Waals surface area (Å²) in [5.74, 6) is 0. The topological polar surface area (TPSA) is 64.5 Å². The lowest BCUT2D eigenvalue weighted by Crippen LogP contribution is -1.94. The van der Waals surface area contributed by atoms with Gasteiger partial charge in [0.05, 0.1) is 34.2 Å². The van der Waals surface area contributed by atoms with E-state index in [1.807, 2.05) is 110 Å². The molecule has 5 heterocycles. The van der Waals surface area contributed by atoms with E-state index in [4.69, 9.17) is 15.0 Å². The molecule has 0 saturated heterocycles. The van der Waals surface area contributed by atoms with Crippen molar-refractivity contribution in [1.29, 1.82) is 0 Å². The van der Waals surface area contributed by atoms with Crippen LogP contribution in [-0.4, -0.2) is 24.9 Å². The Balaban J connectivity index is 1.33. The van der Waals surface area contributed by atoms with Crippen LogP contribution in [0.4, 0.5) is 0 Å². The molecule has 0 saturated carbocycles. The minimum absolute atomic E-state index is 0.850. The van der Waals surface area contributed by atoms with E-state index in [0.717, 1.165) is 78.7 Å². The van der Waals surface area contributed by atoms with Gasteiger partial charge in [-0.05, 0) is 90.0 Å². The van der Waals surface area contributed by atoms with Crippen molar-refractivity contribution in [3.05, 3.63) is 176 Å². The van der Waals surface area contributed by atoms with Crippen molar-refractivity contribution < 1.29 is 0 Å². The lowest BCUT2D eigenvalue weighted by atomic mass is 9.94. The molecule has 0 aliphatic heterocycles. The minimum atomic E-state index is 0.850. The Morgan fingerprint density at radius 3 is 1.08 bits per heavy atom. The zero-order chi connectivity index (χ0) is 32.1. The van der Waals surface area contributed by atoms with Gasteiger partial charge >= 0.3 is 0 Å². The monoisotopic (exact) mass is 615 g/mol. The van der Waals surface area contributed by atoms with Gasteiger partial charge in [0.15, 0.2) is 0 Å². The average Bonchev–Trinajstić information content (AvgIpc) is 3.19. The van der Waals surface area contributed by atoms with Gasteiger partial charge in [-0.25, -0.2) is 4.98 Å². The fourth-order valence-electron chi connectivity index (χ4n) is 5.86. The average molecular weight is 616 g/mol. The summed E-state index contributed by atoms with van der Waals surface area (Å²) in [7, 11) is 0. The van der Waals surface area contributed by atoms with Crippen LogP contribution < -0.4 is 0 Å². The van der Waals surface area contributed by atoms with Crippen LogP contribution in [-0.2, 0) is 0 Å². The highest BCUT2D eigenvalue weighted by molar-refractivity contribution is 5.84. The fourth-order valence-corrected chi connectivity index (χ4v) is 5.86. The normalized spacial score (nSPS) is 10.9. The number of hydrogen-bond acceptors (Lipinski definition) is 5. The lowest BCUT2D eigenvalue weighted by Gasteiger charge is -2.14. The molecule has 0 bridgehead atoms. The van der Waals surface area contributed by atoms with Crippen LogP contribution in [0.5, 0.6) is 0 Å². The molecule has 0 radical (unpaired) electrons. The molecular weight excluding hydrogens is 587 g/mol. The maximum atomic E-state index is 5.11. The molecule has 0 amide bonds. The first-order chi connectivity index (χ1) is 23.8. The number of aromatic nitrogens is 5. The molecule has 0 N–H and O–H groups in total. The highest BCUT2D eigenvalue weighted by Crippen LogP contribution is 2.36. The van der Waals surface area contributed by atoms with E-state index in [1.165, 1.54) is 0 Å². The zero-order valence-electron chi connectivity index (χ0n) is 26.0. The summed E-state index contributed by atoms with van der Waals surface area (Å²) in [6.45, 7) is 0. The van der Waals surface area contributed by atoms with Gasteiger partial charge in [-0.3, -0.25) is 19.9 Å². The third-order valence-corrected chi connectivity index (χ3v) is 8.26. The molecular formula is C43H29N5. The second-order valence-corrected chi connectivity index (χ2v) is 11.4. The largest absolute Gasteiger partial charge is 0.256 e. The van der Waals surface area contributed by atoms with Gasteiger partial charge in [0.25, 0.3) is 0 Å². The van der Waals surface area contributed by atoms with Gasteiger partial charge in [-0.1, -0.05) is 72.8 Å². The maximum Gasteiger partial charge on any atom is 0.0715 e. The van der Waals surface area contributed by atoms with E-state index < -0.39 is 0 Å². The molecule has 0 aliphatic rings. The smallest absolute Gasteiger partial charge is 0.0715 e. The Hall–Kier alpha value is -6.59. The van der Waals surface area contributed by atoms with Gasteiger partial charge < -0.3 is 0 Å². The van der Waals surface area contributed by atoms with E-state index >= 15 is 0 Å². The van der Waals surface area contributed by atoms with Crippen molar-refractivity contribution in [1.82, 2.24) is 24.9 Å². The summed E-state index contributed by atoms with van der Waals surface area (Å²) in [6.07, 6.45) is 7.32. The highest BCUT2D eigenvalue weighted by atomic mass is 14.7. The van der Waals surface area contributed by atoms with Crippen molar-refractivity contribution in [3.63, 3.8) is 0 Å². The summed E-state index contributed by atoms with van der Waals surface area (Å²) < 4.78 is 0. The molecule has 8 aromatic rings. The Morgan fingerprint density at radius 1 is 0.229 bits per heavy atom. The van der Waals surface area contributed by atoms with Crippen molar-refractivity contribution in [2.24, 2.45) is 0 Å². The van der Waals surface area contributed by atoms with Crippen LogP contribution >= 0.6 is 0 Å². The molecule has 8 rings (SSSR count). The van der Waals surface area contributed by atoms with Gasteiger partial charge in [0.1, 0.15) is 0 Å². The molecule has 0 unspecified atom stereocenters. The molecule has 0 spiro atoms. The molecule has 5 nitrogen and oxygen atoms in total. The highest BCUT2D eigenvalue weighted by Gasteiger charge is 2.14. The summed E-state index contributed by atoms with van der Waals surface area (Å²) in [6, 6.07) is 51.6. The molecule has 0 fully saturated rings. The van der Waals surface area contributed by atoms with Crippen molar-refractivity contribution in [2.45, 2.75) is 0 Å². The minimum Gasteiger partial charge on any atom is -0.256 e. The van der Waals surface area contributed by atoms with Crippen molar-refractivity contribution >= 4 is 0 Å². The zero-order valence-corrected chi connectivity index (χ0v) is 26.0. The van der Waals surface area contributed by atoms with Crippen LogP contribution in [0.25, 0.3) is 78.7 Å². The Kier molecular flexibility index (Phi) is 7.83. The Morgan fingerprint density at radius 2 is 0.625 bits per heavy atom. The van der Waals surface area contributed by atoms with Crippen LogP contribution in [0.1, 0.15) is 0 Å². The molecule has 226 valence electrons. The number of nitrogens with zero attached hydrogens (tertiary/aromatic N) is 5. The molecule has 0 atom stereocenters. The first-order valence-electron chi connectivity index (χ1n) is 15.8. The predicted octanol–water partition coefficient (Wildman–Crippen LogP) is 10.3. The van der Waals surface area contributed by atoms with Gasteiger partial charge in [0.2, 0.25) is 0 Å². The number of hydrogen-bond donors (Lipinski definition) is 0. The predicted molar refractivity (Wildman–Crippen MR) is 193 cm³/mol. The van der Waals surface area contributed by atoms with Gasteiger partial charge in [-0.15, -0.1) is 0 Å². The summed E-state index contributed by atoms with van der Waals surface area (Å²) in [5, 5.41) is 0. The number of rotatable bonds is 7. The summed E-state index contributed by atoms with van der Waals surface area (Å²) >= 11 is 0. The molecule has 48 heavy (non-hydrogen) atoms. The first-order valence-corrected chi connectivity index (χ1v) is 15.8. The second-order valence-electron chi connectivity index (χ2n) is 11.4. The van der Waals surface area contributed by atoms with Crippen LogP contribution in [0.2, 0.25) is 0 Å². The molecule has 3 aromatic carbocycles. The third kappa shape index (κ3) is 6.13. The van der Waals surface area contributed by atoms with Gasteiger partial charge in [-0.2, -0.15) is 0 Å². The first kappa shape index (κ1) is 28.9. The van der Waals surface area contributed by atoms with Crippen LogP contribution in [0.15, 0.2) is 176 Å². The molecule has 5 aromatic heterocycles. The fraction of sp³-hybridized carbons (Fsp3) is 0. The Bertz CT molecular complexity index is 2170. The third-order valence-electron chi connectivity index (χ3n) is 8.26. The molecule has 0 aliphatic carbocycles. The van der Waals surface area contributed by atoms with Crippen molar-refractivity contribution in [3.8, 4) is 78.7 Å². The van der Waals surface area contributed by atoms with Crippen LogP contribution in [0.3, 0.4) is 0 Å². The van der Waals surface area contributed by atoms with E-state index in [1.54, 1.807) is 0 Å². The summed E-state index contributed by atoms with van der Waals surface area (Å²) in [4.78, 5) is 23.9. The number of benzene rings is 3. The van der Waals surface area contributed by atoms with Crippen LogP contribution in [0, 0.1) is 0 Å². The lowest BCUT2D eigenvalue weighted by molar-refractivity contribution is 1.28. The van der Waals surface area contributed by atoms with E-state index in [-0.39, 0.29) is 0 Å². The Labute approximate surface area is 279 Å². The number of pyridine rings is 5. The summed E-state index contributed by atoms with van der Waals surface area (Å²) in [5.41, 5.74) is 13.5. The van der Waals surface area contributed by atoms with Gasteiger partial charge in [0, 0.05) is 58.2 Å². The van der Waals surface area contributed by atoms with E-state index in [0.29, 0.717) is 0 Å². The molecule has 5 heteroatoms. The second kappa shape index (κ2) is 13.0. The standard InChI is InChI=1S/C43H29N5/c1-3-11-30(12-4-1)42-28-35(29-43(48-42)31-13-5-2-6-14-31)34-23-36(40-26-32(17-21-46-40)38-15-7-9-19-44-38)25-37(24-34)41-27-33(18-22-47-41)39-16-8-10-20-45-39/h1-29H. The quantitative estimate of drug-likeness (QED) is 0.178. The SMILES string of the molecule is c1ccc(-c2cc(-c3cc(-c4cc(-c5ccccn5)ccn4)cc(-c4cc(-c5ccccn5)ccn4)c3)cc(-c3ccccc3)n2)cc1. The maximum absolute atomic E-state index is 5.11. The van der Waals surface area contributed by atoms with E-state index in [2.05, 4.69) is 76.7 Å². The van der Waals surface area contributed by atoms with E-state index in [9.17, 15) is 0 Å². The van der Waals surface area contributed by atoms with Crippen molar-refractivity contribution in [2.75, 3.05) is 0 Å².